The van der Waals surface area contributed by atoms with Crippen LogP contribution in [0.25, 0.3) is 21.3 Å². The fourth-order valence-electron chi connectivity index (χ4n) is 3.31. The molecule has 0 aliphatic carbocycles. The average molecular weight is 439 g/mol. The van der Waals surface area contributed by atoms with E-state index in [4.69, 9.17) is 11.5 Å². The van der Waals surface area contributed by atoms with Crippen LogP contribution in [0.1, 0.15) is 10.6 Å². The van der Waals surface area contributed by atoms with Crippen molar-refractivity contribution in [2.75, 3.05) is 5.73 Å². The first kappa shape index (κ1) is 20.0. The Kier molecular flexibility index (Phi) is 5.00. The fraction of sp³-hybridized carbons (Fsp3) is 0.0952. The van der Waals surface area contributed by atoms with Gasteiger partial charge in [0.15, 0.2) is 5.03 Å². The van der Waals surface area contributed by atoms with Crippen LogP contribution in [0.2, 0.25) is 0 Å². The quantitative estimate of drug-likeness (QED) is 0.492. The SMILES string of the molecule is Cc1c(-c2c(N)ccnc2S(=O)(=O)c2ccccc2)ccc2sc(CC(N)=O)nc12. The molecule has 0 radical (unpaired) electrons. The number of carbonyl (C=O) groups excluding carboxylic acids is 1. The van der Waals surface area contributed by atoms with E-state index >= 15 is 0 Å². The number of carbonyl (C=O) groups is 1. The number of anilines is 1. The Morgan fingerprint density at radius 2 is 1.83 bits per heavy atom. The van der Waals surface area contributed by atoms with Crippen molar-refractivity contribution in [1.29, 1.82) is 0 Å². The molecule has 0 fully saturated rings. The molecule has 0 aliphatic heterocycles. The molecule has 4 rings (SSSR count). The van der Waals surface area contributed by atoms with Crippen molar-refractivity contribution >= 4 is 43.0 Å². The second kappa shape index (κ2) is 7.51. The highest BCUT2D eigenvalue weighted by Crippen LogP contribution is 2.39. The van der Waals surface area contributed by atoms with E-state index in [1.807, 2.05) is 13.0 Å². The maximum atomic E-state index is 13.3. The largest absolute Gasteiger partial charge is 0.398 e. The highest BCUT2D eigenvalue weighted by Gasteiger charge is 2.26. The third-order valence-electron chi connectivity index (χ3n) is 4.71. The predicted octanol–water partition coefficient (Wildman–Crippen LogP) is 3.11. The maximum absolute atomic E-state index is 13.3. The molecule has 2 aromatic carbocycles. The van der Waals surface area contributed by atoms with Crippen LogP contribution >= 0.6 is 11.3 Å². The van der Waals surface area contributed by atoms with Crippen LogP contribution in [0.5, 0.6) is 0 Å². The van der Waals surface area contributed by atoms with Crippen molar-refractivity contribution in [3.63, 3.8) is 0 Å². The zero-order chi connectivity index (χ0) is 21.5. The van der Waals surface area contributed by atoms with Crippen molar-refractivity contribution < 1.29 is 13.2 Å². The second-order valence-electron chi connectivity index (χ2n) is 6.73. The molecular formula is C21H18N4O3S2. The van der Waals surface area contributed by atoms with Gasteiger partial charge in [-0.05, 0) is 42.3 Å². The van der Waals surface area contributed by atoms with Gasteiger partial charge in [-0.25, -0.2) is 18.4 Å². The van der Waals surface area contributed by atoms with Gasteiger partial charge in [0.2, 0.25) is 15.7 Å². The molecule has 4 N–H and O–H groups in total. The molecule has 0 spiro atoms. The molecule has 30 heavy (non-hydrogen) atoms. The van der Waals surface area contributed by atoms with Crippen LogP contribution in [0, 0.1) is 6.92 Å². The van der Waals surface area contributed by atoms with E-state index in [-0.39, 0.29) is 16.3 Å². The first-order valence-electron chi connectivity index (χ1n) is 9.01. The molecule has 152 valence electrons. The first-order chi connectivity index (χ1) is 14.3. The number of hydrogen-bond donors (Lipinski definition) is 2. The third kappa shape index (κ3) is 3.42. The Balaban J connectivity index is 1.95. The summed E-state index contributed by atoms with van der Waals surface area (Å²) in [5.41, 5.74) is 14.2. The number of aryl methyl sites for hydroxylation is 1. The van der Waals surface area contributed by atoms with E-state index in [2.05, 4.69) is 9.97 Å². The minimum Gasteiger partial charge on any atom is -0.398 e. The lowest BCUT2D eigenvalue weighted by Gasteiger charge is -2.14. The number of benzene rings is 2. The van der Waals surface area contributed by atoms with Gasteiger partial charge in [0.05, 0.1) is 21.5 Å². The summed E-state index contributed by atoms with van der Waals surface area (Å²) >= 11 is 1.38. The molecule has 2 aromatic heterocycles. The lowest BCUT2D eigenvalue weighted by molar-refractivity contribution is -0.117. The number of pyridine rings is 1. The number of sulfone groups is 1. The zero-order valence-electron chi connectivity index (χ0n) is 16.0. The summed E-state index contributed by atoms with van der Waals surface area (Å²) in [5, 5.41) is 0.498. The number of primary amides is 1. The number of thiazole rings is 1. The number of aromatic nitrogens is 2. The Morgan fingerprint density at radius 3 is 2.53 bits per heavy atom. The zero-order valence-corrected chi connectivity index (χ0v) is 17.6. The van der Waals surface area contributed by atoms with Gasteiger partial charge >= 0.3 is 0 Å². The van der Waals surface area contributed by atoms with E-state index in [9.17, 15) is 13.2 Å². The van der Waals surface area contributed by atoms with E-state index < -0.39 is 15.7 Å². The van der Waals surface area contributed by atoms with Crippen molar-refractivity contribution in [2.24, 2.45) is 5.73 Å². The number of hydrogen-bond acceptors (Lipinski definition) is 7. The Bertz CT molecular complexity index is 1380. The third-order valence-corrected chi connectivity index (χ3v) is 7.44. The van der Waals surface area contributed by atoms with Crippen molar-refractivity contribution in [3.05, 3.63) is 65.3 Å². The fourth-order valence-corrected chi connectivity index (χ4v) is 5.78. The molecular weight excluding hydrogens is 420 g/mol. The maximum Gasteiger partial charge on any atom is 0.224 e. The number of fused-ring (bicyclic) bond motifs is 1. The van der Waals surface area contributed by atoms with Gasteiger partial charge in [-0.15, -0.1) is 11.3 Å². The van der Waals surface area contributed by atoms with Crippen LogP contribution in [0.4, 0.5) is 5.69 Å². The molecule has 0 saturated heterocycles. The van der Waals surface area contributed by atoms with Gasteiger partial charge in [0.1, 0.15) is 5.01 Å². The van der Waals surface area contributed by atoms with Crippen molar-refractivity contribution in [1.82, 2.24) is 9.97 Å². The smallest absolute Gasteiger partial charge is 0.224 e. The summed E-state index contributed by atoms with van der Waals surface area (Å²) in [7, 11) is -3.89. The molecule has 2 heterocycles. The Morgan fingerprint density at radius 1 is 1.10 bits per heavy atom. The lowest BCUT2D eigenvalue weighted by Crippen LogP contribution is -2.13. The van der Waals surface area contributed by atoms with Gasteiger partial charge in [-0.1, -0.05) is 24.3 Å². The summed E-state index contributed by atoms with van der Waals surface area (Å²) in [6, 6.07) is 13.3. The van der Waals surface area contributed by atoms with Gasteiger partial charge in [-0.2, -0.15) is 0 Å². The summed E-state index contributed by atoms with van der Waals surface area (Å²) < 4.78 is 27.5. The highest BCUT2D eigenvalue weighted by molar-refractivity contribution is 7.91. The molecule has 0 bridgehead atoms. The number of amides is 1. The Hall–Kier alpha value is -3.30. The standard InChI is InChI=1S/C21H18N4O3S2/c1-12-14(7-8-16-20(12)25-18(29-16)11-17(23)26)19-15(22)9-10-24-21(19)30(27,28)13-5-3-2-4-6-13/h2-10H,11H2,1H3,(H2,22,24)(H2,23,26). The number of nitrogen functional groups attached to an aromatic ring is 1. The van der Waals surface area contributed by atoms with Gasteiger partial charge in [-0.3, -0.25) is 4.79 Å². The van der Waals surface area contributed by atoms with Crippen LogP contribution in [-0.2, 0) is 21.1 Å². The molecule has 0 atom stereocenters. The van der Waals surface area contributed by atoms with E-state index in [1.54, 1.807) is 30.3 Å². The van der Waals surface area contributed by atoms with E-state index in [1.165, 1.54) is 29.7 Å². The van der Waals surface area contributed by atoms with Gasteiger partial charge in [0, 0.05) is 17.4 Å². The molecule has 0 saturated carbocycles. The Labute approximate surface area is 177 Å². The van der Waals surface area contributed by atoms with E-state index in [0.717, 1.165) is 10.3 Å². The van der Waals surface area contributed by atoms with Gasteiger partial charge in [0.25, 0.3) is 0 Å². The molecule has 4 aromatic rings. The summed E-state index contributed by atoms with van der Waals surface area (Å²) in [5.74, 6) is -0.459. The molecule has 0 aliphatic rings. The van der Waals surface area contributed by atoms with Crippen LogP contribution < -0.4 is 11.5 Å². The molecule has 1 amide bonds. The van der Waals surface area contributed by atoms with Crippen LogP contribution in [0.3, 0.4) is 0 Å². The van der Waals surface area contributed by atoms with Crippen molar-refractivity contribution in [3.8, 4) is 11.1 Å². The average Bonchev–Trinajstić information content (AvgIpc) is 3.12. The minimum absolute atomic E-state index is 0.0524. The highest BCUT2D eigenvalue weighted by atomic mass is 32.2. The molecule has 9 heteroatoms. The monoisotopic (exact) mass is 438 g/mol. The normalized spacial score (nSPS) is 11.6. The topological polar surface area (TPSA) is 129 Å². The summed E-state index contributed by atoms with van der Waals surface area (Å²) in [4.78, 5) is 20.1. The molecule has 7 nitrogen and oxygen atoms in total. The number of rotatable bonds is 5. The summed E-state index contributed by atoms with van der Waals surface area (Å²) in [6.45, 7) is 1.84. The van der Waals surface area contributed by atoms with Gasteiger partial charge < -0.3 is 11.5 Å². The first-order valence-corrected chi connectivity index (χ1v) is 11.3. The molecule has 0 unspecified atom stereocenters. The van der Waals surface area contributed by atoms with Crippen LogP contribution in [0.15, 0.2) is 64.6 Å². The second-order valence-corrected chi connectivity index (χ2v) is 9.71. The number of nitrogens with zero attached hydrogens (tertiary/aromatic N) is 2. The lowest BCUT2D eigenvalue weighted by atomic mass is 10.00. The minimum atomic E-state index is -3.89. The van der Waals surface area contributed by atoms with E-state index in [0.29, 0.717) is 27.3 Å². The summed E-state index contributed by atoms with van der Waals surface area (Å²) in [6.07, 6.45) is 1.44. The number of nitrogens with two attached hydrogens (primary N) is 2. The predicted molar refractivity (Wildman–Crippen MR) is 117 cm³/mol. The van der Waals surface area contributed by atoms with Crippen molar-refractivity contribution in [2.45, 2.75) is 23.3 Å². The van der Waals surface area contributed by atoms with Crippen LogP contribution in [-0.4, -0.2) is 24.3 Å².